The summed E-state index contributed by atoms with van der Waals surface area (Å²) in [6, 6.07) is 0. The molecule has 0 amide bonds. The van der Waals surface area contributed by atoms with Crippen LogP contribution in [0.5, 0.6) is 0 Å². The highest BCUT2D eigenvalue weighted by atomic mass is 14.1. The van der Waals surface area contributed by atoms with E-state index in [2.05, 4.69) is 0 Å². The Labute approximate surface area is 64.2 Å². The Balaban J connectivity index is 3.76. The Morgan fingerprint density at radius 1 is 1.71 bits per heavy atom. The summed E-state index contributed by atoms with van der Waals surface area (Å²) in [7, 11) is 0. The molecule has 0 saturated heterocycles. The lowest BCUT2D eigenvalue weighted by atomic mass is 9.91. The van der Waals surface area contributed by atoms with E-state index >= 15 is 0 Å². The van der Waals surface area contributed by atoms with Gasteiger partial charge in [-0.3, -0.25) is 0 Å². The molecule has 2 atom stereocenters. The largest absolute Gasteiger partial charge is 0.0625 e. The van der Waals surface area contributed by atoms with Crippen LogP contribution in [0.25, 0.3) is 0 Å². The van der Waals surface area contributed by atoms with Gasteiger partial charge < -0.3 is 0 Å². The Kier molecular flexibility index (Phi) is 0.211. The van der Waals surface area contributed by atoms with Gasteiger partial charge in [0.15, 0.2) is 0 Å². The van der Waals surface area contributed by atoms with E-state index in [0.717, 1.165) is 0 Å². The normalized spacial score (nSPS) is 112. The molecule has 0 heterocycles. The maximum Gasteiger partial charge on any atom is 0.0300 e. The topological polar surface area (TPSA) is 0 Å². The lowest BCUT2D eigenvalue weighted by Gasteiger charge is -2.15. The molecule has 7 heavy (non-hydrogen) atoms. The van der Waals surface area contributed by atoms with Crippen LogP contribution < -0.4 is 0 Å². The summed E-state index contributed by atoms with van der Waals surface area (Å²) in [5.74, 6) is -3.45. The molecule has 0 nitrogen and oxygen atoms in total. The fourth-order valence-corrected chi connectivity index (χ4v) is 0.279. The van der Waals surface area contributed by atoms with Crippen LogP contribution in [0.2, 0.25) is 0 Å². The summed E-state index contributed by atoms with van der Waals surface area (Å²) >= 11 is 0. The number of hydrogen-bond donors (Lipinski definition) is 0. The second kappa shape index (κ2) is 2.34. The van der Waals surface area contributed by atoms with Gasteiger partial charge in [0.05, 0.1) is 0 Å². The zero-order valence-corrected chi connectivity index (χ0v) is 3.58. The molecular weight excluding hydrogens is 84.1 g/mol. The predicted octanol–water partition coefficient (Wildman–Crippen LogP) is 2.59. The third-order valence-electron chi connectivity index (χ3n) is 0.548. The van der Waals surface area contributed by atoms with Crippen molar-refractivity contribution in [2.24, 2.45) is 5.89 Å². The molecule has 2 unspecified atom stereocenters. The first kappa shape index (κ1) is 0.630. The SMILES string of the molecule is [2H]C1C([2H])([2H])C([2H])([2H])C([2H])([2H])C([2H])([2H])C1([2H])C([2H])([2H])[2H]. The summed E-state index contributed by atoms with van der Waals surface area (Å²) in [5, 5.41) is 0. The Morgan fingerprint density at radius 3 is 3.57 bits per heavy atom. The molecule has 0 aromatic carbocycles. The minimum absolute atomic E-state index is 2.63. The lowest BCUT2D eigenvalue weighted by molar-refractivity contribution is 0.385. The molecule has 0 N–H and O–H groups in total. The van der Waals surface area contributed by atoms with Crippen LogP contribution in [0.15, 0.2) is 0 Å². The minimum atomic E-state index is -3.60. The van der Waals surface area contributed by atoms with Crippen LogP contribution in [0.3, 0.4) is 0 Å². The molecule has 0 aromatic heterocycles. The van der Waals surface area contributed by atoms with Gasteiger partial charge in [0, 0.05) is 17.8 Å². The van der Waals surface area contributed by atoms with Crippen LogP contribution in [-0.2, 0) is 0 Å². The van der Waals surface area contributed by atoms with Gasteiger partial charge in [0.25, 0.3) is 0 Å². The van der Waals surface area contributed by atoms with E-state index in [1.54, 1.807) is 0 Å². The molecule has 0 spiro atoms. The Morgan fingerprint density at radius 2 is 2.71 bits per heavy atom. The van der Waals surface area contributed by atoms with Gasteiger partial charge in [-0.15, -0.1) is 0 Å². The van der Waals surface area contributed by atoms with Crippen molar-refractivity contribution in [3.05, 3.63) is 0 Å². The van der Waals surface area contributed by atoms with Gasteiger partial charge in [0.1, 0.15) is 0 Å². The average molecular weight is 111 g/mol. The second-order valence-electron chi connectivity index (χ2n) is 1.08. The molecule has 1 rings (SSSR count). The summed E-state index contributed by atoms with van der Waals surface area (Å²) in [4.78, 5) is 0. The summed E-state index contributed by atoms with van der Waals surface area (Å²) in [6.45, 7) is -3.50. The maximum absolute atomic E-state index is 7.80. The van der Waals surface area contributed by atoms with Crippen LogP contribution in [0.1, 0.15) is 56.6 Å². The fraction of sp³-hybridized carbons (Fsp3) is 1.00. The Hall–Kier alpha value is 0. The van der Waals surface area contributed by atoms with Crippen molar-refractivity contribution < 1.29 is 17.8 Å². The molecule has 0 heteroatoms. The first-order valence-electron chi connectivity index (χ1n) is 8.40. The van der Waals surface area contributed by atoms with Gasteiger partial charge in [-0.1, -0.05) is 38.7 Å². The molecule has 1 fully saturated rings. The van der Waals surface area contributed by atoms with Crippen LogP contribution in [-0.4, -0.2) is 0 Å². The highest BCUT2D eigenvalue weighted by Gasteiger charge is 2.05. The third-order valence-corrected chi connectivity index (χ3v) is 0.548. The molecule has 0 radical (unpaired) electrons. The van der Waals surface area contributed by atoms with Gasteiger partial charge in [0.2, 0.25) is 0 Å². The lowest BCUT2D eigenvalue weighted by Crippen LogP contribution is -1.99. The standard InChI is InChI=1S/C7H14/c1-7-5-3-2-4-6-7/h7H,2-6H2,1H3/i1D3,2D2,3D2,4D2,5D,6D2,7D. The highest BCUT2D eigenvalue weighted by molar-refractivity contribution is 4.59. The maximum atomic E-state index is 7.80. The van der Waals surface area contributed by atoms with E-state index in [-0.39, 0.29) is 0 Å². The van der Waals surface area contributed by atoms with Gasteiger partial charge in [-0.2, -0.15) is 0 Å². The molecule has 1 aliphatic carbocycles. The summed E-state index contributed by atoms with van der Waals surface area (Å²) < 4.78 is 97.4. The number of rotatable bonds is 0. The predicted molar refractivity (Wildman–Crippen MR) is 32.2 cm³/mol. The average Bonchev–Trinajstić information content (AvgIpc) is 2.22. The third kappa shape index (κ3) is 1.50. The molecule has 1 saturated carbocycles. The summed E-state index contributed by atoms with van der Waals surface area (Å²) in [5.41, 5.74) is 0. The zero-order chi connectivity index (χ0) is 16.6. The van der Waals surface area contributed by atoms with E-state index in [1.165, 1.54) is 0 Å². The number of hydrogen-bond acceptors (Lipinski definition) is 0. The van der Waals surface area contributed by atoms with E-state index in [4.69, 9.17) is 17.8 Å². The first-order valence-corrected chi connectivity index (χ1v) is 1.83. The van der Waals surface area contributed by atoms with Crippen molar-refractivity contribution in [2.45, 2.75) is 38.7 Å². The molecule has 1 aliphatic rings. The zero-order valence-electron chi connectivity index (χ0n) is 16.6. The van der Waals surface area contributed by atoms with Crippen molar-refractivity contribution in [1.82, 2.24) is 0 Å². The second-order valence-corrected chi connectivity index (χ2v) is 1.08. The van der Waals surface area contributed by atoms with Crippen LogP contribution in [0, 0.1) is 5.89 Å². The fourth-order valence-electron chi connectivity index (χ4n) is 0.279. The Bertz CT molecular complexity index is 405. The molecule has 0 bridgehead atoms. The van der Waals surface area contributed by atoms with E-state index < -0.39 is 44.6 Å². The van der Waals surface area contributed by atoms with Crippen LogP contribution >= 0.6 is 0 Å². The van der Waals surface area contributed by atoms with Crippen molar-refractivity contribution in [1.29, 1.82) is 0 Å². The van der Waals surface area contributed by atoms with Crippen LogP contribution in [0.4, 0.5) is 0 Å². The minimum Gasteiger partial charge on any atom is -0.0625 e. The molecule has 42 valence electrons. The van der Waals surface area contributed by atoms with Gasteiger partial charge in [-0.25, -0.2) is 0 Å². The molecular formula is C7H14. The van der Waals surface area contributed by atoms with Crippen molar-refractivity contribution >= 4 is 0 Å². The quantitative estimate of drug-likeness (QED) is 0.451. The first-order chi connectivity index (χ1) is 8.40. The van der Waals surface area contributed by atoms with Gasteiger partial charge >= 0.3 is 0 Å². The van der Waals surface area contributed by atoms with E-state index in [1.807, 2.05) is 0 Å². The molecule has 0 aromatic rings. The van der Waals surface area contributed by atoms with Gasteiger partial charge in [-0.05, 0) is 5.89 Å². The summed E-state index contributed by atoms with van der Waals surface area (Å²) in [6.07, 6.45) is -16.6. The monoisotopic (exact) mass is 111 g/mol. The molecule has 0 aliphatic heterocycles. The smallest absolute Gasteiger partial charge is 0.0300 e. The van der Waals surface area contributed by atoms with Crippen molar-refractivity contribution in [3.8, 4) is 0 Å². The highest BCUT2D eigenvalue weighted by Crippen LogP contribution is 2.21. The van der Waals surface area contributed by atoms with E-state index in [9.17, 15) is 0 Å². The van der Waals surface area contributed by atoms with E-state index in [0.29, 0.717) is 0 Å². The van der Waals surface area contributed by atoms with Crippen molar-refractivity contribution in [2.75, 3.05) is 0 Å². The van der Waals surface area contributed by atoms with Crippen molar-refractivity contribution in [3.63, 3.8) is 0 Å².